The van der Waals surface area contributed by atoms with E-state index in [9.17, 15) is 4.79 Å². The van der Waals surface area contributed by atoms with E-state index in [0.29, 0.717) is 6.42 Å². The molecule has 0 aliphatic rings. The Balaban J connectivity index is 1.91. The fourth-order valence-corrected chi connectivity index (χ4v) is 3.16. The molecular weight excluding hydrogens is 320 g/mol. The van der Waals surface area contributed by atoms with E-state index in [0.717, 1.165) is 48.3 Å². The molecule has 2 aromatic rings. The monoisotopic (exact) mass is 347 g/mol. The number of amides is 1. The van der Waals surface area contributed by atoms with Gasteiger partial charge in [-0.3, -0.25) is 4.79 Å². The molecule has 0 saturated carbocycles. The Bertz CT molecular complexity index is 635. The van der Waals surface area contributed by atoms with Crippen molar-refractivity contribution in [3.63, 3.8) is 0 Å². The van der Waals surface area contributed by atoms with Gasteiger partial charge < -0.3 is 15.5 Å². The SMILES string of the molecule is CCC(=O)Nc1ccc(-c2csc(NCC[NH+](CC)CC)n2)cc1. The largest absolute Gasteiger partial charge is 0.356 e. The minimum absolute atomic E-state index is 0.0261. The number of likely N-dealkylation sites (N-methyl/N-ethyl adjacent to an activating group) is 1. The van der Waals surface area contributed by atoms with E-state index in [1.165, 1.54) is 0 Å². The first-order valence-corrected chi connectivity index (χ1v) is 9.47. The molecule has 0 bridgehead atoms. The van der Waals surface area contributed by atoms with Gasteiger partial charge in [-0.05, 0) is 26.0 Å². The maximum absolute atomic E-state index is 11.4. The Morgan fingerprint density at radius 3 is 2.50 bits per heavy atom. The average molecular weight is 348 g/mol. The van der Waals surface area contributed by atoms with E-state index in [4.69, 9.17) is 0 Å². The summed E-state index contributed by atoms with van der Waals surface area (Å²) in [4.78, 5) is 17.6. The summed E-state index contributed by atoms with van der Waals surface area (Å²) in [6, 6.07) is 7.81. The number of nitrogens with zero attached hydrogens (tertiary/aromatic N) is 1. The van der Waals surface area contributed by atoms with Gasteiger partial charge in [-0.1, -0.05) is 19.1 Å². The van der Waals surface area contributed by atoms with E-state index in [-0.39, 0.29) is 5.91 Å². The van der Waals surface area contributed by atoms with Crippen LogP contribution in [0.15, 0.2) is 29.6 Å². The Morgan fingerprint density at radius 2 is 1.88 bits per heavy atom. The maximum Gasteiger partial charge on any atom is 0.224 e. The summed E-state index contributed by atoms with van der Waals surface area (Å²) in [5.74, 6) is 0.0261. The van der Waals surface area contributed by atoms with Crippen molar-refractivity contribution in [1.29, 1.82) is 0 Å². The van der Waals surface area contributed by atoms with E-state index in [1.807, 2.05) is 31.2 Å². The standard InChI is InChI=1S/C18H26N4OS/c1-4-17(23)20-15-9-7-14(8-10-15)16-13-24-18(21-16)19-11-12-22(5-2)6-3/h7-10,13H,4-6,11-12H2,1-3H3,(H,19,21)(H,20,23)/p+1. The van der Waals surface area contributed by atoms with Crippen LogP contribution in [0.2, 0.25) is 0 Å². The van der Waals surface area contributed by atoms with Gasteiger partial charge in [0.2, 0.25) is 5.91 Å². The number of rotatable bonds is 9. The van der Waals surface area contributed by atoms with Crippen LogP contribution in [0.3, 0.4) is 0 Å². The number of quaternary nitrogens is 1. The van der Waals surface area contributed by atoms with Crippen molar-refractivity contribution in [2.45, 2.75) is 27.2 Å². The molecule has 5 nitrogen and oxygen atoms in total. The van der Waals surface area contributed by atoms with Crippen LogP contribution in [0.4, 0.5) is 10.8 Å². The number of thiazole rings is 1. The number of carbonyl (C=O) groups excluding carboxylic acids is 1. The first-order valence-electron chi connectivity index (χ1n) is 8.59. The number of anilines is 2. The molecule has 0 aliphatic carbocycles. The van der Waals surface area contributed by atoms with E-state index in [2.05, 4.69) is 34.8 Å². The van der Waals surface area contributed by atoms with Gasteiger partial charge in [0.25, 0.3) is 0 Å². The molecule has 0 atom stereocenters. The van der Waals surface area contributed by atoms with Crippen LogP contribution in [0.25, 0.3) is 11.3 Å². The summed E-state index contributed by atoms with van der Waals surface area (Å²) < 4.78 is 0. The molecule has 1 amide bonds. The van der Waals surface area contributed by atoms with Crippen LogP contribution in [-0.2, 0) is 4.79 Å². The fraction of sp³-hybridized carbons (Fsp3) is 0.444. The first-order chi connectivity index (χ1) is 11.7. The van der Waals surface area contributed by atoms with E-state index in [1.54, 1.807) is 16.2 Å². The van der Waals surface area contributed by atoms with Crippen LogP contribution in [0.1, 0.15) is 27.2 Å². The molecule has 1 aromatic carbocycles. The molecule has 0 aliphatic heterocycles. The highest BCUT2D eigenvalue weighted by Crippen LogP contribution is 2.25. The van der Waals surface area contributed by atoms with Gasteiger partial charge in [-0.2, -0.15) is 0 Å². The van der Waals surface area contributed by atoms with Crippen molar-refractivity contribution in [1.82, 2.24) is 4.98 Å². The van der Waals surface area contributed by atoms with Crippen molar-refractivity contribution in [2.75, 3.05) is 36.8 Å². The van der Waals surface area contributed by atoms with Crippen LogP contribution >= 0.6 is 11.3 Å². The minimum atomic E-state index is 0.0261. The molecule has 24 heavy (non-hydrogen) atoms. The fourth-order valence-electron chi connectivity index (χ4n) is 2.41. The van der Waals surface area contributed by atoms with Gasteiger partial charge in [0, 0.05) is 23.1 Å². The molecule has 6 heteroatoms. The van der Waals surface area contributed by atoms with Crippen molar-refractivity contribution in [2.24, 2.45) is 0 Å². The summed E-state index contributed by atoms with van der Waals surface area (Å²) in [6.45, 7) is 10.6. The third-order valence-corrected chi connectivity index (χ3v) is 4.84. The van der Waals surface area contributed by atoms with Gasteiger partial charge in [0.15, 0.2) is 5.13 Å². The van der Waals surface area contributed by atoms with Gasteiger partial charge in [0.1, 0.15) is 0 Å². The summed E-state index contributed by atoms with van der Waals surface area (Å²) in [6.07, 6.45) is 0.484. The van der Waals surface area contributed by atoms with Crippen LogP contribution in [0.5, 0.6) is 0 Å². The zero-order valence-corrected chi connectivity index (χ0v) is 15.5. The lowest BCUT2D eigenvalue weighted by molar-refractivity contribution is -0.894. The lowest BCUT2D eigenvalue weighted by atomic mass is 10.1. The molecule has 130 valence electrons. The maximum atomic E-state index is 11.4. The number of hydrogen-bond acceptors (Lipinski definition) is 4. The molecule has 0 saturated heterocycles. The van der Waals surface area contributed by atoms with Crippen molar-refractivity contribution in [3.8, 4) is 11.3 Å². The van der Waals surface area contributed by atoms with Crippen LogP contribution in [-0.4, -0.2) is 37.1 Å². The Kier molecular flexibility index (Phi) is 7.21. The predicted molar refractivity (Wildman–Crippen MR) is 102 cm³/mol. The molecule has 0 radical (unpaired) electrons. The third-order valence-electron chi connectivity index (χ3n) is 4.04. The molecule has 0 fully saturated rings. The van der Waals surface area contributed by atoms with Crippen molar-refractivity contribution < 1.29 is 9.69 Å². The Labute approximate surface area is 148 Å². The van der Waals surface area contributed by atoms with Gasteiger partial charge in [-0.15, -0.1) is 11.3 Å². The second-order valence-corrected chi connectivity index (χ2v) is 6.51. The number of aromatic nitrogens is 1. The molecule has 1 aromatic heterocycles. The summed E-state index contributed by atoms with van der Waals surface area (Å²) in [5.41, 5.74) is 2.84. The van der Waals surface area contributed by atoms with Crippen molar-refractivity contribution >= 4 is 28.1 Å². The number of hydrogen-bond donors (Lipinski definition) is 3. The molecule has 3 N–H and O–H groups in total. The number of nitrogens with one attached hydrogen (secondary N) is 3. The highest BCUT2D eigenvalue weighted by molar-refractivity contribution is 7.14. The summed E-state index contributed by atoms with van der Waals surface area (Å²) >= 11 is 1.63. The number of benzene rings is 1. The van der Waals surface area contributed by atoms with Gasteiger partial charge >= 0.3 is 0 Å². The molecular formula is C18H27N4OS+. The minimum Gasteiger partial charge on any atom is -0.356 e. The van der Waals surface area contributed by atoms with Crippen LogP contribution < -0.4 is 15.5 Å². The quantitative estimate of drug-likeness (QED) is 0.653. The Hall–Kier alpha value is -1.92. The highest BCUT2D eigenvalue weighted by atomic mass is 32.1. The lowest BCUT2D eigenvalue weighted by Gasteiger charge is -2.15. The highest BCUT2D eigenvalue weighted by Gasteiger charge is 2.07. The zero-order valence-electron chi connectivity index (χ0n) is 14.7. The summed E-state index contributed by atoms with van der Waals surface area (Å²) in [5, 5.41) is 9.28. The Morgan fingerprint density at radius 1 is 1.17 bits per heavy atom. The molecule has 2 rings (SSSR count). The third kappa shape index (κ3) is 5.32. The normalized spacial score (nSPS) is 10.8. The predicted octanol–water partition coefficient (Wildman–Crippen LogP) is 2.50. The van der Waals surface area contributed by atoms with Crippen molar-refractivity contribution in [3.05, 3.63) is 29.6 Å². The van der Waals surface area contributed by atoms with E-state index >= 15 is 0 Å². The average Bonchev–Trinajstić information content (AvgIpc) is 3.08. The van der Waals surface area contributed by atoms with Crippen LogP contribution in [0, 0.1) is 0 Å². The second-order valence-electron chi connectivity index (χ2n) is 5.65. The molecule has 0 spiro atoms. The molecule has 1 heterocycles. The second kappa shape index (κ2) is 9.39. The van der Waals surface area contributed by atoms with Gasteiger partial charge in [0.05, 0.1) is 31.9 Å². The lowest BCUT2D eigenvalue weighted by Crippen LogP contribution is -3.12. The smallest absolute Gasteiger partial charge is 0.224 e. The van der Waals surface area contributed by atoms with E-state index < -0.39 is 0 Å². The molecule has 0 unspecified atom stereocenters. The first kappa shape index (κ1) is 18.4. The summed E-state index contributed by atoms with van der Waals surface area (Å²) in [7, 11) is 0. The zero-order chi connectivity index (χ0) is 17.4. The number of carbonyl (C=O) groups is 1. The topological polar surface area (TPSA) is 58.5 Å². The van der Waals surface area contributed by atoms with Gasteiger partial charge in [-0.25, -0.2) is 4.98 Å².